The molecule has 0 aliphatic rings. The van der Waals surface area contributed by atoms with Gasteiger partial charge in [-0.3, -0.25) is 0 Å². The second kappa shape index (κ2) is 6.04. The summed E-state index contributed by atoms with van der Waals surface area (Å²) in [6.07, 6.45) is 0. The molecule has 0 spiro atoms. The zero-order chi connectivity index (χ0) is 13.3. The highest BCUT2D eigenvalue weighted by Crippen LogP contribution is 2.28. The summed E-state index contributed by atoms with van der Waals surface area (Å²) < 4.78 is 0. The third kappa shape index (κ3) is 3.78. The Bertz CT molecular complexity index is 524. The van der Waals surface area contributed by atoms with E-state index in [-0.39, 0.29) is 23.9 Å². The van der Waals surface area contributed by atoms with E-state index in [4.69, 9.17) is 5.73 Å². The first-order chi connectivity index (χ1) is 8.38. The maximum absolute atomic E-state index is 5.83. The number of hydrogen-bond acceptors (Lipinski definition) is 3. The molecule has 19 heavy (non-hydrogen) atoms. The molecule has 0 bridgehead atoms. The monoisotopic (exact) mass is 296 g/mol. The van der Waals surface area contributed by atoms with E-state index in [1.807, 2.05) is 6.92 Å². The number of aromatic nitrogens is 1. The summed E-state index contributed by atoms with van der Waals surface area (Å²) in [4.78, 5) is 4.57. The summed E-state index contributed by atoms with van der Waals surface area (Å²) >= 11 is 1.63. The van der Waals surface area contributed by atoms with Crippen molar-refractivity contribution >= 4 is 23.7 Å². The van der Waals surface area contributed by atoms with Gasteiger partial charge in [-0.25, -0.2) is 4.98 Å². The van der Waals surface area contributed by atoms with Crippen LogP contribution in [0.15, 0.2) is 29.6 Å². The second-order valence-electron chi connectivity index (χ2n) is 5.69. The van der Waals surface area contributed by atoms with E-state index in [0.717, 1.165) is 16.3 Å². The van der Waals surface area contributed by atoms with Crippen molar-refractivity contribution in [2.45, 2.75) is 39.2 Å². The molecule has 1 aromatic carbocycles. The number of nitrogens with two attached hydrogens (primary N) is 1. The fraction of sp³-hybridized carbons (Fsp3) is 0.400. The number of halogens is 1. The summed E-state index contributed by atoms with van der Waals surface area (Å²) in [7, 11) is 0. The molecule has 1 heterocycles. The number of thiazole rings is 1. The van der Waals surface area contributed by atoms with Gasteiger partial charge in [0.1, 0.15) is 5.01 Å². The minimum absolute atomic E-state index is 0. The van der Waals surface area contributed by atoms with Crippen LogP contribution in [-0.2, 0) is 5.41 Å². The van der Waals surface area contributed by atoms with Crippen LogP contribution in [-0.4, -0.2) is 4.98 Å². The van der Waals surface area contributed by atoms with Crippen molar-refractivity contribution in [2.24, 2.45) is 5.73 Å². The van der Waals surface area contributed by atoms with Crippen molar-refractivity contribution < 1.29 is 0 Å². The van der Waals surface area contributed by atoms with E-state index in [0.29, 0.717) is 0 Å². The van der Waals surface area contributed by atoms with Crippen LogP contribution in [0, 0.1) is 0 Å². The number of benzene rings is 1. The molecule has 0 saturated carbocycles. The number of nitrogens with zero attached hydrogens (tertiary/aromatic N) is 1. The summed E-state index contributed by atoms with van der Waals surface area (Å²) in [6, 6.07) is 8.65. The van der Waals surface area contributed by atoms with Gasteiger partial charge in [-0.2, -0.15) is 0 Å². The number of hydrogen-bond donors (Lipinski definition) is 1. The SMILES string of the molecule is CC(N)c1nc(-c2ccc(C(C)(C)C)cc2)cs1.Cl. The highest BCUT2D eigenvalue weighted by Gasteiger charge is 2.14. The molecule has 0 fully saturated rings. The van der Waals surface area contributed by atoms with Gasteiger partial charge in [0.2, 0.25) is 0 Å². The van der Waals surface area contributed by atoms with Gasteiger partial charge in [0.05, 0.1) is 11.7 Å². The summed E-state index contributed by atoms with van der Waals surface area (Å²) in [6.45, 7) is 8.63. The summed E-state index contributed by atoms with van der Waals surface area (Å²) in [5.74, 6) is 0. The molecule has 2 aromatic rings. The summed E-state index contributed by atoms with van der Waals surface area (Å²) in [5, 5.41) is 3.06. The van der Waals surface area contributed by atoms with E-state index in [2.05, 4.69) is 55.4 Å². The van der Waals surface area contributed by atoms with Crippen LogP contribution < -0.4 is 5.73 Å². The zero-order valence-corrected chi connectivity index (χ0v) is 13.4. The normalized spacial score (nSPS) is 12.9. The van der Waals surface area contributed by atoms with Gasteiger partial charge in [-0.15, -0.1) is 23.7 Å². The first-order valence-corrected chi connectivity index (χ1v) is 7.08. The minimum atomic E-state index is 0. The molecule has 1 aromatic heterocycles. The van der Waals surface area contributed by atoms with Crippen LogP contribution >= 0.6 is 23.7 Å². The van der Waals surface area contributed by atoms with E-state index < -0.39 is 0 Å². The average Bonchev–Trinajstić information content (AvgIpc) is 2.77. The maximum Gasteiger partial charge on any atom is 0.110 e. The maximum atomic E-state index is 5.83. The highest BCUT2D eigenvalue weighted by atomic mass is 35.5. The predicted octanol–water partition coefficient (Wildman–Crippen LogP) is 4.55. The lowest BCUT2D eigenvalue weighted by Crippen LogP contribution is -2.10. The van der Waals surface area contributed by atoms with Gasteiger partial charge in [0.15, 0.2) is 0 Å². The largest absolute Gasteiger partial charge is 0.322 e. The van der Waals surface area contributed by atoms with Crippen molar-refractivity contribution in [1.29, 1.82) is 0 Å². The Hall–Kier alpha value is -0.900. The molecule has 0 amide bonds. The molecule has 2 rings (SSSR count). The molecule has 0 aliphatic heterocycles. The van der Waals surface area contributed by atoms with Crippen molar-refractivity contribution in [3.05, 3.63) is 40.2 Å². The van der Waals surface area contributed by atoms with Gasteiger partial charge in [-0.1, -0.05) is 45.0 Å². The minimum Gasteiger partial charge on any atom is -0.322 e. The Kier molecular flexibility index (Phi) is 5.13. The Morgan fingerprint density at radius 2 is 1.74 bits per heavy atom. The lowest BCUT2D eigenvalue weighted by atomic mass is 9.86. The zero-order valence-electron chi connectivity index (χ0n) is 11.8. The molecule has 0 saturated heterocycles. The topological polar surface area (TPSA) is 38.9 Å². The Labute approximate surface area is 125 Å². The fourth-order valence-corrected chi connectivity index (χ4v) is 2.56. The third-order valence-electron chi connectivity index (χ3n) is 2.96. The molecule has 1 atom stereocenters. The van der Waals surface area contributed by atoms with Crippen LogP contribution in [0.4, 0.5) is 0 Å². The van der Waals surface area contributed by atoms with E-state index >= 15 is 0 Å². The average molecular weight is 297 g/mol. The molecule has 2 nitrogen and oxygen atoms in total. The van der Waals surface area contributed by atoms with Crippen LogP contribution in [0.1, 0.15) is 44.3 Å². The van der Waals surface area contributed by atoms with Gasteiger partial charge in [0.25, 0.3) is 0 Å². The highest BCUT2D eigenvalue weighted by molar-refractivity contribution is 7.10. The van der Waals surface area contributed by atoms with Crippen LogP contribution in [0.25, 0.3) is 11.3 Å². The van der Waals surface area contributed by atoms with E-state index in [1.54, 1.807) is 11.3 Å². The quantitative estimate of drug-likeness (QED) is 0.883. The predicted molar refractivity (Wildman–Crippen MR) is 86.1 cm³/mol. The molecular formula is C15H21ClN2S. The van der Waals surface area contributed by atoms with Crippen molar-refractivity contribution in [3.63, 3.8) is 0 Å². The van der Waals surface area contributed by atoms with Gasteiger partial charge >= 0.3 is 0 Å². The van der Waals surface area contributed by atoms with E-state index in [1.165, 1.54) is 5.56 Å². The van der Waals surface area contributed by atoms with Gasteiger partial charge in [-0.05, 0) is 17.9 Å². The van der Waals surface area contributed by atoms with Gasteiger partial charge in [0, 0.05) is 10.9 Å². The Balaban J connectivity index is 0.00000180. The first kappa shape index (κ1) is 16.2. The lowest BCUT2D eigenvalue weighted by Gasteiger charge is -2.18. The molecular weight excluding hydrogens is 276 g/mol. The standard InChI is InChI=1S/C15H20N2S.ClH/c1-10(16)14-17-13(9-18-14)11-5-7-12(8-6-11)15(2,3)4;/h5-10H,16H2,1-4H3;1H. The van der Waals surface area contributed by atoms with Crippen LogP contribution in [0.3, 0.4) is 0 Å². The Morgan fingerprint density at radius 3 is 2.16 bits per heavy atom. The lowest BCUT2D eigenvalue weighted by molar-refractivity contribution is 0.590. The van der Waals surface area contributed by atoms with Crippen molar-refractivity contribution in [3.8, 4) is 11.3 Å². The van der Waals surface area contributed by atoms with Gasteiger partial charge < -0.3 is 5.73 Å². The van der Waals surface area contributed by atoms with Crippen molar-refractivity contribution in [2.75, 3.05) is 0 Å². The first-order valence-electron chi connectivity index (χ1n) is 6.20. The van der Waals surface area contributed by atoms with E-state index in [9.17, 15) is 0 Å². The molecule has 0 aliphatic carbocycles. The van der Waals surface area contributed by atoms with Crippen LogP contribution in [0.2, 0.25) is 0 Å². The molecule has 2 N–H and O–H groups in total. The third-order valence-corrected chi connectivity index (χ3v) is 4.00. The molecule has 104 valence electrons. The van der Waals surface area contributed by atoms with Crippen LogP contribution in [0.5, 0.6) is 0 Å². The smallest absolute Gasteiger partial charge is 0.110 e. The fourth-order valence-electron chi connectivity index (χ4n) is 1.77. The second-order valence-corrected chi connectivity index (χ2v) is 6.58. The summed E-state index contributed by atoms with van der Waals surface area (Å²) in [5.41, 5.74) is 9.55. The molecule has 0 radical (unpaired) electrons. The number of rotatable bonds is 2. The Morgan fingerprint density at radius 1 is 1.16 bits per heavy atom. The van der Waals surface area contributed by atoms with Crippen molar-refractivity contribution in [1.82, 2.24) is 4.98 Å². The molecule has 4 heteroatoms. The molecule has 1 unspecified atom stereocenters.